The Morgan fingerprint density at radius 1 is 0.952 bits per heavy atom. The molecule has 0 saturated carbocycles. The predicted molar refractivity (Wildman–Crippen MR) is 87.1 cm³/mol. The minimum Gasteiger partial charge on any atom is -0.383 e. The van der Waals surface area contributed by atoms with Crippen molar-refractivity contribution in [2.75, 3.05) is 5.73 Å². The summed E-state index contributed by atoms with van der Waals surface area (Å²) in [6, 6.07) is 18.6. The molecule has 0 atom stereocenters. The van der Waals surface area contributed by atoms with Crippen LogP contribution in [0.25, 0.3) is 11.3 Å². The fraction of sp³-hybridized carbons (Fsp3) is 0.167. The lowest BCUT2D eigenvalue weighted by atomic mass is 10.1. The molecular formula is C18H19N3. The van der Waals surface area contributed by atoms with Crippen molar-refractivity contribution in [1.29, 1.82) is 0 Å². The number of aromatic nitrogens is 2. The molecule has 1 heterocycles. The van der Waals surface area contributed by atoms with E-state index in [1.165, 1.54) is 11.1 Å². The Morgan fingerprint density at radius 2 is 1.62 bits per heavy atom. The lowest BCUT2D eigenvalue weighted by Crippen LogP contribution is -2.06. The predicted octanol–water partition coefficient (Wildman–Crippen LogP) is 3.80. The van der Waals surface area contributed by atoms with Gasteiger partial charge in [0.25, 0.3) is 0 Å². The van der Waals surface area contributed by atoms with E-state index in [2.05, 4.69) is 52.9 Å². The second kappa shape index (κ2) is 5.44. The first-order valence-corrected chi connectivity index (χ1v) is 7.08. The summed E-state index contributed by atoms with van der Waals surface area (Å²) in [6.45, 7) is 4.82. The molecule has 0 aliphatic rings. The standard InChI is InChI=1S/C18H19N3/c1-13-8-10-16(11-9-13)17-18(19)21(14(2)20-17)12-15-6-4-3-5-7-15/h3-11H,12,19H2,1-2H3. The van der Waals surface area contributed by atoms with E-state index in [4.69, 9.17) is 5.73 Å². The first-order chi connectivity index (χ1) is 10.1. The van der Waals surface area contributed by atoms with Gasteiger partial charge in [-0.15, -0.1) is 0 Å². The number of imidazole rings is 1. The summed E-state index contributed by atoms with van der Waals surface area (Å²) in [5, 5.41) is 0. The van der Waals surface area contributed by atoms with E-state index >= 15 is 0 Å². The average Bonchev–Trinajstić information content (AvgIpc) is 2.77. The van der Waals surface area contributed by atoms with Crippen LogP contribution < -0.4 is 5.73 Å². The van der Waals surface area contributed by atoms with Crippen molar-refractivity contribution in [1.82, 2.24) is 9.55 Å². The Bertz CT molecular complexity index is 740. The van der Waals surface area contributed by atoms with Crippen LogP contribution in [0.3, 0.4) is 0 Å². The van der Waals surface area contributed by atoms with Gasteiger partial charge in [0.15, 0.2) is 0 Å². The number of hydrogen-bond donors (Lipinski definition) is 1. The van der Waals surface area contributed by atoms with Gasteiger partial charge in [-0.05, 0) is 19.4 Å². The van der Waals surface area contributed by atoms with Crippen LogP contribution in [0.5, 0.6) is 0 Å². The number of hydrogen-bond acceptors (Lipinski definition) is 2. The van der Waals surface area contributed by atoms with E-state index in [1.807, 2.05) is 25.1 Å². The number of aryl methyl sites for hydroxylation is 2. The molecule has 106 valence electrons. The Kier molecular flexibility index (Phi) is 3.48. The highest BCUT2D eigenvalue weighted by atomic mass is 15.1. The number of nitrogens with two attached hydrogens (primary N) is 1. The highest BCUT2D eigenvalue weighted by molar-refractivity contribution is 5.71. The van der Waals surface area contributed by atoms with Crippen LogP contribution in [-0.2, 0) is 6.54 Å². The summed E-state index contributed by atoms with van der Waals surface area (Å²) in [6.07, 6.45) is 0. The van der Waals surface area contributed by atoms with Crippen molar-refractivity contribution in [2.45, 2.75) is 20.4 Å². The van der Waals surface area contributed by atoms with Gasteiger partial charge in [0.05, 0.1) is 6.54 Å². The van der Waals surface area contributed by atoms with Crippen LogP contribution in [0.15, 0.2) is 54.6 Å². The van der Waals surface area contributed by atoms with E-state index in [1.54, 1.807) is 0 Å². The maximum Gasteiger partial charge on any atom is 0.132 e. The maximum absolute atomic E-state index is 6.32. The van der Waals surface area contributed by atoms with Gasteiger partial charge >= 0.3 is 0 Å². The fourth-order valence-electron chi connectivity index (χ4n) is 2.47. The molecule has 0 saturated heterocycles. The first kappa shape index (κ1) is 13.4. The molecule has 0 fully saturated rings. The monoisotopic (exact) mass is 277 g/mol. The molecule has 3 heteroatoms. The zero-order valence-corrected chi connectivity index (χ0v) is 12.4. The van der Waals surface area contributed by atoms with Crippen LogP contribution in [-0.4, -0.2) is 9.55 Å². The minimum absolute atomic E-state index is 0.722. The van der Waals surface area contributed by atoms with Crippen molar-refractivity contribution in [3.63, 3.8) is 0 Å². The molecule has 21 heavy (non-hydrogen) atoms. The van der Waals surface area contributed by atoms with E-state index < -0.39 is 0 Å². The van der Waals surface area contributed by atoms with Crippen LogP contribution in [0.2, 0.25) is 0 Å². The zero-order chi connectivity index (χ0) is 14.8. The Morgan fingerprint density at radius 3 is 2.29 bits per heavy atom. The molecule has 0 unspecified atom stereocenters. The van der Waals surface area contributed by atoms with Crippen LogP contribution >= 0.6 is 0 Å². The third-order valence-corrected chi connectivity index (χ3v) is 3.71. The molecule has 0 bridgehead atoms. The molecule has 3 nitrogen and oxygen atoms in total. The van der Waals surface area contributed by atoms with Gasteiger partial charge in [0.2, 0.25) is 0 Å². The van der Waals surface area contributed by atoms with Crippen molar-refractivity contribution in [2.24, 2.45) is 0 Å². The fourth-order valence-corrected chi connectivity index (χ4v) is 2.47. The van der Waals surface area contributed by atoms with Crippen LogP contribution in [0.1, 0.15) is 17.0 Å². The molecule has 3 rings (SSSR count). The maximum atomic E-state index is 6.32. The highest BCUT2D eigenvalue weighted by Gasteiger charge is 2.13. The molecule has 0 aliphatic heterocycles. The van der Waals surface area contributed by atoms with E-state index in [-0.39, 0.29) is 0 Å². The summed E-state index contributed by atoms with van der Waals surface area (Å²) in [7, 11) is 0. The quantitative estimate of drug-likeness (QED) is 0.791. The third-order valence-electron chi connectivity index (χ3n) is 3.71. The largest absolute Gasteiger partial charge is 0.383 e. The summed E-state index contributed by atoms with van der Waals surface area (Å²) in [5.74, 6) is 1.66. The smallest absolute Gasteiger partial charge is 0.132 e. The van der Waals surface area contributed by atoms with Crippen molar-refractivity contribution in [3.8, 4) is 11.3 Å². The van der Waals surface area contributed by atoms with Gasteiger partial charge < -0.3 is 10.3 Å². The molecule has 3 aromatic rings. The second-order valence-electron chi connectivity index (χ2n) is 5.33. The molecule has 0 spiro atoms. The summed E-state index contributed by atoms with van der Waals surface area (Å²) < 4.78 is 2.06. The molecular weight excluding hydrogens is 258 g/mol. The molecule has 0 radical (unpaired) electrons. The lowest BCUT2D eigenvalue weighted by molar-refractivity contribution is 0.771. The first-order valence-electron chi connectivity index (χ1n) is 7.08. The van der Waals surface area contributed by atoms with Gasteiger partial charge in [0, 0.05) is 5.56 Å². The second-order valence-corrected chi connectivity index (χ2v) is 5.33. The van der Waals surface area contributed by atoms with E-state index in [0.29, 0.717) is 0 Å². The summed E-state index contributed by atoms with van der Waals surface area (Å²) in [4.78, 5) is 4.64. The van der Waals surface area contributed by atoms with Gasteiger partial charge in [-0.1, -0.05) is 60.2 Å². The van der Waals surface area contributed by atoms with Crippen LogP contribution in [0, 0.1) is 13.8 Å². The minimum atomic E-state index is 0.722. The van der Waals surface area contributed by atoms with Crippen LogP contribution in [0.4, 0.5) is 5.82 Å². The molecule has 0 aliphatic carbocycles. The summed E-state index contributed by atoms with van der Waals surface area (Å²) in [5.41, 5.74) is 10.7. The van der Waals surface area contributed by atoms with Crippen molar-refractivity contribution >= 4 is 5.82 Å². The zero-order valence-electron chi connectivity index (χ0n) is 12.4. The molecule has 2 aromatic carbocycles. The number of anilines is 1. The van der Waals surface area contributed by atoms with Gasteiger partial charge in [-0.3, -0.25) is 0 Å². The molecule has 2 N–H and O–H groups in total. The van der Waals surface area contributed by atoms with Gasteiger partial charge in [-0.2, -0.15) is 0 Å². The number of rotatable bonds is 3. The van der Waals surface area contributed by atoms with Gasteiger partial charge in [0.1, 0.15) is 17.3 Å². The van der Waals surface area contributed by atoms with E-state index in [9.17, 15) is 0 Å². The Labute approximate surface area is 125 Å². The SMILES string of the molecule is Cc1ccc(-c2nc(C)n(Cc3ccccc3)c2N)cc1. The van der Waals surface area contributed by atoms with Crippen molar-refractivity contribution < 1.29 is 0 Å². The highest BCUT2D eigenvalue weighted by Crippen LogP contribution is 2.27. The van der Waals surface area contributed by atoms with Crippen molar-refractivity contribution in [3.05, 3.63) is 71.5 Å². The average molecular weight is 277 g/mol. The van der Waals surface area contributed by atoms with E-state index in [0.717, 1.165) is 29.4 Å². The molecule has 0 amide bonds. The normalized spacial score (nSPS) is 10.8. The third kappa shape index (κ3) is 2.68. The lowest BCUT2D eigenvalue weighted by Gasteiger charge is -2.08. The number of nitrogen functional groups attached to an aromatic ring is 1. The number of benzene rings is 2. The Balaban J connectivity index is 1.98. The summed E-state index contributed by atoms with van der Waals surface area (Å²) >= 11 is 0. The van der Waals surface area contributed by atoms with Gasteiger partial charge in [-0.25, -0.2) is 4.98 Å². The Hall–Kier alpha value is -2.55. The molecule has 1 aromatic heterocycles. The topological polar surface area (TPSA) is 43.8 Å². The number of nitrogens with zero attached hydrogens (tertiary/aromatic N) is 2.